The van der Waals surface area contributed by atoms with Crippen LogP contribution in [0.3, 0.4) is 0 Å². The average molecular weight is 356 g/mol. The second-order valence-electron chi connectivity index (χ2n) is 7.23. The molecule has 0 aromatic heterocycles. The van der Waals surface area contributed by atoms with Crippen LogP contribution in [0.5, 0.6) is 0 Å². The molecular formula is C12H26N2O6P2. The second-order valence-corrected chi connectivity index (χ2v) is 10.9. The molecule has 0 aromatic carbocycles. The van der Waals surface area contributed by atoms with Gasteiger partial charge in [-0.25, -0.2) is 19.3 Å². The first-order valence-corrected chi connectivity index (χ1v) is 10.4. The predicted molar refractivity (Wildman–Crippen MR) is 82.6 cm³/mol. The van der Waals surface area contributed by atoms with E-state index in [1.165, 1.54) is 0 Å². The van der Waals surface area contributed by atoms with Gasteiger partial charge in [0.1, 0.15) is 0 Å². The van der Waals surface area contributed by atoms with Crippen LogP contribution in [0.2, 0.25) is 0 Å². The number of nitrogens with one attached hydrogen (secondary N) is 2. The average Bonchev–Trinajstić information content (AvgIpc) is 2.43. The van der Waals surface area contributed by atoms with E-state index in [9.17, 15) is 9.13 Å². The van der Waals surface area contributed by atoms with Crippen LogP contribution >= 0.6 is 15.5 Å². The minimum absolute atomic E-state index is 0.144. The Balaban J connectivity index is 1.69. The van der Waals surface area contributed by atoms with Crippen LogP contribution < -0.4 is 10.2 Å². The van der Waals surface area contributed by atoms with E-state index in [0.717, 1.165) is 0 Å². The summed E-state index contributed by atoms with van der Waals surface area (Å²) in [7, 11) is -6.53. The van der Waals surface area contributed by atoms with Gasteiger partial charge in [-0.15, -0.1) is 0 Å². The fourth-order valence-corrected chi connectivity index (χ4v) is 5.13. The maximum atomic E-state index is 12.2. The lowest BCUT2D eigenvalue weighted by Gasteiger charge is -2.35. The fourth-order valence-electron chi connectivity index (χ4n) is 1.76. The summed E-state index contributed by atoms with van der Waals surface area (Å²) in [6.45, 7) is 9.89. The summed E-state index contributed by atoms with van der Waals surface area (Å²) in [6, 6.07) is 0. The molecule has 0 saturated carbocycles. The summed E-state index contributed by atoms with van der Waals surface area (Å²) in [5.74, 6) is 0. The molecule has 0 aromatic rings. The van der Waals surface area contributed by atoms with Gasteiger partial charge < -0.3 is 0 Å². The molecule has 2 aliphatic heterocycles. The monoisotopic (exact) mass is 356 g/mol. The Morgan fingerprint density at radius 3 is 1.27 bits per heavy atom. The Bertz CT molecular complexity index is 424. The zero-order valence-corrected chi connectivity index (χ0v) is 15.4. The number of hydrogen-bond acceptors (Lipinski definition) is 6. The molecule has 22 heavy (non-hydrogen) atoms. The molecule has 2 N–H and O–H groups in total. The molecule has 0 unspecified atom stereocenters. The van der Waals surface area contributed by atoms with Crippen molar-refractivity contribution in [3.05, 3.63) is 0 Å². The zero-order chi connectivity index (χ0) is 16.5. The van der Waals surface area contributed by atoms with Gasteiger partial charge in [-0.2, -0.15) is 0 Å². The Labute approximate surface area is 131 Å². The quantitative estimate of drug-likeness (QED) is 0.573. The topological polar surface area (TPSA) is 95.1 Å². The molecule has 0 bridgehead atoms. The first-order valence-electron chi connectivity index (χ1n) is 7.32. The second kappa shape index (κ2) is 6.61. The lowest BCUT2D eigenvalue weighted by molar-refractivity contribution is 0.0354. The molecule has 0 radical (unpaired) electrons. The van der Waals surface area contributed by atoms with Gasteiger partial charge in [0, 0.05) is 23.9 Å². The van der Waals surface area contributed by atoms with Crippen molar-refractivity contribution in [1.82, 2.24) is 10.2 Å². The van der Waals surface area contributed by atoms with Crippen molar-refractivity contribution in [3.8, 4) is 0 Å². The molecule has 10 heteroatoms. The zero-order valence-electron chi connectivity index (χ0n) is 13.6. The van der Waals surface area contributed by atoms with Crippen LogP contribution in [0.15, 0.2) is 0 Å². The van der Waals surface area contributed by atoms with Gasteiger partial charge in [0.15, 0.2) is 0 Å². The predicted octanol–water partition coefficient (Wildman–Crippen LogP) is 2.53. The van der Waals surface area contributed by atoms with E-state index in [4.69, 9.17) is 18.1 Å². The van der Waals surface area contributed by atoms with E-state index in [1.807, 2.05) is 27.7 Å². The molecule has 0 spiro atoms. The van der Waals surface area contributed by atoms with Crippen molar-refractivity contribution >= 4 is 15.5 Å². The molecular weight excluding hydrogens is 330 g/mol. The summed E-state index contributed by atoms with van der Waals surface area (Å²) >= 11 is 0. The van der Waals surface area contributed by atoms with Crippen LogP contribution in [-0.2, 0) is 27.2 Å². The van der Waals surface area contributed by atoms with Gasteiger partial charge in [-0.3, -0.25) is 18.1 Å². The van der Waals surface area contributed by atoms with Crippen LogP contribution in [0, 0.1) is 10.8 Å². The minimum atomic E-state index is -3.27. The maximum absolute atomic E-state index is 12.2. The van der Waals surface area contributed by atoms with E-state index in [-0.39, 0.29) is 23.9 Å². The van der Waals surface area contributed by atoms with E-state index in [1.54, 1.807) is 0 Å². The van der Waals surface area contributed by atoms with Crippen LogP contribution in [0.1, 0.15) is 27.7 Å². The fraction of sp³-hybridized carbons (Fsp3) is 1.00. The van der Waals surface area contributed by atoms with E-state index >= 15 is 0 Å². The van der Waals surface area contributed by atoms with E-state index in [0.29, 0.717) is 26.4 Å². The Kier molecular flexibility index (Phi) is 5.58. The molecule has 2 aliphatic rings. The smallest absolute Gasteiger partial charge is 0.296 e. The molecule has 0 amide bonds. The number of rotatable bonds is 5. The summed E-state index contributed by atoms with van der Waals surface area (Å²) < 4.78 is 45.6. The SMILES string of the molecule is CC1(C)COP(=O)(NCCNP2(=O)OCC(C)(C)CO2)OC1. The van der Waals surface area contributed by atoms with E-state index in [2.05, 4.69) is 10.2 Å². The molecule has 0 aliphatic carbocycles. The lowest BCUT2D eigenvalue weighted by atomic mass is 9.97. The lowest BCUT2D eigenvalue weighted by Crippen LogP contribution is -2.36. The molecule has 130 valence electrons. The Morgan fingerprint density at radius 1 is 0.727 bits per heavy atom. The van der Waals surface area contributed by atoms with Gasteiger partial charge >= 0.3 is 15.5 Å². The highest BCUT2D eigenvalue weighted by molar-refractivity contribution is 7.52. The summed E-state index contributed by atoms with van der Waals surface area (Å²) in [5, 5.41) is 5.45. The molecule has 2 rings (SSSR count). The van der Waals surface area contributed by atoms with Crippen molar-refractivity contribution in [2.45, 2.75) is 27.7 Å². The van der Waals surface area contributed by atoms with Crippen LogP contribution in [0.25, 0.3) is 0 Å². The van der Waals surface area contributed by atoms with Crippen molar-refractivity contribution in [2.24, 2.45) is 10.8 Å². The normalized spacial score (nSPS) is 29.1. The third-order valence-corrected chi connectivity index (χ3v) is 6.33. The van der Waals surface area contributed by atoms with Gasteiger partial charge in [0.25, 0.3) is 0 Å². The highest BCUT2D eigenvalue weighted by Gasteiger charge is 2.38. The minimum Gasteiger partial charge on any atom is -0.296 e. The van der Waals surface area contributed by atoms with Gasteiger partial charge in [-0.05, 0) is 0 Å². The molecule has 2 fully saturated rings. The summed E-state index contributed by atoms with van der Waals surface area (Å²) in [4.78, 5) is 0. The first kappa shape index (κ1) is 18.6. The van der Waals surface area contributed by atoms with Crippen LogP contribution in [0.4, 0.5) is 0 Å². The van der Waals surface area contributed by atoms with Gasteiger partial charge in [0.05, 0.1) is 26.4 Å². The Hall–Kier alpha value is 0.220. The molecule has 2 saturated heterocycles. The highest BCUT2D eigenvalue weighted by Crippen LogP contribution is 2.51. The van der Waals surface area contributed by atoms with Crippen molar-refractivity contribution in [3.63, 3.8) is 0 Å². The van der Waals surface area contributed by atoms with Crippen LogP contribution in [-0.4, -0.2) is 39.5 Å². The van der Waals surface area contributed by atoms with Gasteiger partial charge in [-0.1, -0.05) is 27.7 Å². The summed E-state index contributed by atoms with van der Waals surface area (Å²) in [5.41, 5.74) is -0.288. The van der Waals surface area contributed by atoms with Crippen molar-refractivity contribution < 1.29 is 27.2 Å². The summed E-state index contributed by atoms with van der Waals surface area (Å²) in [6.07, 6.45) is 0. The number of hydrogen-bond donors (Lipinski definition) is 2. The molecule has 0 atom stereocenters. The van der Waals surface area contributed by atoms with Crippen molar-refractivity contribution in [1.29, 1.82) is 0 Å². The standard InChI is InChI=1S/C12H26N2O6P2/c1-11(2)7-17-21(15,18-8-11)13-5-6-14-22(16)19-9-12(3,4)10-20-22/h5-10H2,1-4H3,(H,13,15)(H,14,16). The largest absolute Gasteiger partial charge is 0.405 e. The third kappa shape index (κ3) is 5.39. The van der Waals surface area contributed by atoms with E-state index < -0.39 is 15.5 Å². The maximum Gasteiger partial charge on any atom is 0.405 e. The third-order valence-electron chi connectivity index (χ3n) is 3.24. The highest BCUT2D eigenvalue weighted by atomic mass is 31.2. The molecule has 2 heterocycles. The first-order chi connectivity index (χ1) is 10.0. The Morgan fingerprint density at radius 2 is 1.00 bits per heavy atom. The molecule has 8 nitrogen and oxygen atoms in total. The van der Waals surface area contributed by atoms with Crippen molar-refractivity contribution in [2.75, 3.05) is 39.5 Å². The van der Waals surface area contributed by atoms with Gasteiger partial charge in [0.2, 0.25) is 0 Å².